The Morgan fingerprint density at radius 2 is 1.29 bits per heavy atom. The van der Waals surface area contributed by atoms with E-state index in [1.165, 1.54) is 89.9 Å². The first kappa shape index (κ1) is 33.9. The normalized spacial score (nSPS) is 15.2. The van der Waals surface area contributed by atoms with Gasteiger partial charge in [-0.2, -0.15) is 11.8 Å². The largest absolute Gasteiger partial charge is 0.472 e. The number of carbonyl (C=O) groups is 1. The van der Waals surface area contributed by atoms with Gasteiger partial charge in [0.25, 0.3) is 0 Å². The molecule has 0 amide bonds. The molecule has 0 aromatic rings. The second-order valence-corrected chi connectivity index (χ2v) is 12.4. The first-order valence-corrected chi connectivity index (χ1v) is 16.4. The lowest BCUT2D eigenvalue weighted by Crippen LogP contribution is -2.24. The van der Waals surface area contributed by atoms with Crippen molar-refractivity contribution < 1.29 is 28.6 Å². The molecule has 34 heavy (non-hydrogen) atoms. The SMILES string of the molecule is CCCCCCCCCCCSC(CCCCCCCC)C(C)OOP(=O)(OCCC)C(=O)O. The Morgan fingerprint density at radius 3 is 1.79 bits per heavy atom. The van der Waals surface area contributed by atoms with Gasteiger partial charge in [0.05, 0.1) is 6.61 Å². The third kappa shape index (κ3) is 18.2. The summed E-state index contributed by atoms with van der Waals surface area (Å²) in [7, 11) is -4.32. The fourth-order valence-electron chi connectivity index (χ4n) is 3.73. The van der Waals surface area contributed by atoms with Gasteiger partial charge in [-0.25, -0.2) is 14.2 Å². The maximum atomic E-state index is 12.4. The molecule has 0 fully saturated rings. The van der Waals surface area contributed by atoms with Crippen LogP contribution in [0.15, 0.2) is 0 Å². The molecule has 0 aromatic heterocycles. The lowest BCUT2D eigenvalue weighted by atomic mass is 10.1. The number of thioether (sulfide) groups is 1. The number of rotatable bonds is 26. The first-order valence-electron chi connectivity index (χ1n) is 13.9. The second-order valence-electron chi connectivity index (χ2n) is 9.28. The Labute approximate surface area is 214 Å². The molecule has 204 valence electrons. The van der Waals surface area contributed by atoms with E-state index in [9.17, 15) is 14.5 Å². The molecule has 8 heteroatoms. The van der Waals surface area contributed by atoms with Gasteiger partial charge in [0, 0.05) is 5.25 Å². The Bertz CT molecular complexity index is 520. The highest BCUT2D eigenvalue weighted by molar-refractivity contribution is 7.99. The average molecular weight is 525 g/mol. The van der Waals surface area contributed by atoms with Crippen molar-refractivity contribution in [2.24, 2.45) is 0 Å². The molecule has 0 aliphatic heterocycles. The van der Waals surface area contributed by atoms with Crippen LogP contribution in [0.1, 0.15) is 137 Å². The summed E-state index contributed by atoms with van der Waals surface area (Å²) in [5.41, 5.74) is -1.61. The number of hydrogen-bond donors (Lipinski definition) is 1. The Kier molecular flexibility index (Phi) is 23.3. The maximum Gasteiger partial charge on any atom is 0.464 e. The summed E-state index contributed by atoms with van der Waals surface area (Å²) in [6.45, 7) is 8.21. The minimum Gasteiger partial charge on any atom is -0.472 e. The van der Waals surface area contributed by atoms with Crippen LogP contribution in [-0.4, -0.2) is 34.5 Å². The van der Waals surface area contributed by atoms with E-state index in [2.05, 4.69) is 13.8 Å². The van der Waals surface area contributed by atoms with Gasteiger partial charge in [-0.05, 0) is 31.9 Å². The molecular formula is C26H53O6PS. The minimum atomic E-state index is -4.32. The first-order chi connectivity index (χ1) is 16.4. The highest BCUT2D eigenvalue weighted by Gasteiger charge is 2.38. The molecule has 0 heterocycles. The lowest BCUT2D eigenvalue weighted by Gasteiger charge is -2.24. The predicted octanol–water partition coefficient (Wildman–Crippen LogP) is 10.0. The summed E-state index contributed by atoms with van der Waals surface area (Å²) >= 11 is 1.87. The van der Waals surface area contributed by atoms with Crippen molar-refractivity contribution in [3.63, 3.8) is 0 Å². The smallest absolute Gasteiger partial charge is 0.464 e. The fraction of sp³-hybridized carbons (Fsp3) is 0.962. The number of hydrogen-bond acceptors (Lipinski definition) is 6. The van der Waals surface area contributed by atoms with Crippen molar-refractivity contribution in [2.75, 3.05) is 12.4 Å². The molecule has 6 nitrogen and oxygen atoms in total. The lowest BCUT2D eigenvalue weighted by molar-refractivity contribution is -0.245. The fourth-order valence-corrected chi connectivity index (χ4v) is 5.95. The van der Waals surface area contributed by atoms with Gasteiger partial charge in [0.1, 0.15) is 6.10 Å². The van der Waals surface area contributed by atoms with Crippen molar-refractivity contribution >= 4 is 25.1 Å². The van der Waals surface area contributed by atoms with Crippen LogP contribution in [0, 0.1) is 0 Å². The summed E-state index contributed by atoms with van der Waals surface area (Å²) < 4.78 is 22.3. The van der Waals surface area contributed by atoms with Gasteiger partial charge >= 0.3 is 13.3 Å². The third-order valence-electron chi connectivity index (χ3n) is 5.94. The van der Waals surface area contributed by atoms with Crippen LogP contribution in [0.4, 0.5) is 4.79 Å². The molecule has 3 atom stereocenters. The molecule has 0 rings (SSSR count). The summed E-state index contributed by atoms with van der Waals surface area (Å²) in [5, 5.41) is 9.44. The molecule has 0 saturated carbocycles. The minimum absolute atomic E-state index is 0.0514. The Balaban J connectivity index is 4.47. The topological polar surface area (TPSA) is 82.1 Å². The zero-order valence-electron chi connectivity index (χ0n) is 22.4. The Hall–Kier alpha value is -0.0700. The molecule has 0 radical (unpaired) electrons. The van der Waals surface area contributed by atoms with Crippen LogP contribution >= 0.6 is 19.4 Å². The van der Waals surface area contributed by atoms with Gasteiger partial charge in [-0.15, -0.1) is 4.67 Å². The monoisotopic (exact) mass is 524 g/mol. The second kappa shape index (κ2) is 23.3. The van der Waals surface area contributed by atoms with Crippen LogP contribution in [-0.2, 0) is 18.7 Å². The highest BCUT2D eigenvalue weighted by atomic mass is 32.2. The molecular weight excluding hydrogens is 471 g/mol. The van der Waals surface area contributed by atoms with Crippen molar-refractivity contribution in [3.05, 3.63) is 0 Å². The molecule has 0 aliphatic carbocycles. The maximum absolute atomic E-state index is 12.4. The van der Waals surface area contributed by atoms with E-state index < -0.39 is 13.3 Å². The van der Waals surface area contributed by atoms with Crippen molar-refractivity contribution in [2.45, 2.75) is 148 Å². The summed E-state index contributed by atoms with van der Waals surface area (Å²) in [4.78, 5) is 16.8. The van der Waals surface area contributed by atoms with Crippen molar-refractivity contribution in [3.8, 4) is 0 Å². The van der Waals surface area contributed by atoms with E-state index in [1.54, 1.807) is 0 Å². The molecule has 0 saturated heterocycles. The van der Waals surface area contributed by atoms with Crippen molar-refractivity contribution in [1.82, 2.24) is 0 Å². The standard InChI is InChI=1S/C26H53O6PS/c1-5-8-10-12-14-15-16-18-20-23-34-25(21-19-17-13-11-9-6-2)24(4)31-32-33(29,26(27)28)30-22-7-3/h24-25H,5-23H2,1-4H3,(H,27,28). The zero-order chi connectivity index (χ0) is 25.5. The van der Waals surface area contributed by atoms with E-state index in [4.69, 9.17) is 14.1 Å². The summed E-state index contributed by atoms with van der Waals surface area (Å²) in [6.07, 6.45) is 20.3. The highest BCUT2D eigenvalue weighted by Crippen LogP contribution is 2.49. The number of carboxylic acid groups (broad SMARTS) is 1. The molecule has 0 spiro atoms. The van der Waals surface area contributed by atoms with Crippen LogP contribution in [0.25, 0.3) is 0 Å². The zero-order valence-corrected chi connectivity index (χ0v) is 24.1. The average Bonchev–Trinajstić information content (AvgIpc) is 2.83. The van der Waals surface area contributed by atoms with Gasteiger partial charge < -0.3 is 5.11 Å². The van der Waals surface area contributed by atoms with Gasteiger partial charge in [-0.3, -0.25) is 4.52 Å². The quantitative estimate of drug-likeness (QED) is 0.0521. The number of unbranched alkanes of at least 4 members (excludes halogenated alkanes) is 13. The molecule has 0 bridgehead atoms. The van der Waals surface area contributed by atoms with Crippen LogP contribution in [0.3, 0.4) is 0 Å². The van der Waals surface area contributed by atoms with Gasteiger partial charge in [0.15, 0.2) is 0 Å². The van der Waals surface area contributed by atoms with E-state index in [-0.39, 0.29) is 18.0 Å². The predicted molar refractivity (Wildman–Crippen MR) is 145 cm³/mol. The van der Waals surface area contributed by atoms with E-state index in [1.807, 2.05) is 25.6 Å². The van der Waals surface area contributed by atoms with Gasteiger partial charge in [-0.1, -0.05) is 111 Å². The van der Waals surface area contributed by atoms with E-state index in [0.29, 0.717) is 6.42 Å². The molecule has 3 unspecified atom stereocenters. The molecule has 1 N–H and O–H groups in total. The molecule has 0 aromatic carbocycles. The van der Waals surface area contributed by atoms with E-state index >= 15 is 0 Å². The van der Waals surface area contributed by atoms with Crippen LogP contribution in [0.5, 0.6) is 0 Å². The Morgan fingerprint density at radius 1 is 0.794 bits per heavy atom. The van der Waals surface area contributed by atoms with Gasteiger partial charge in [0.2, 0.25) is 0 Å². The summed E-state index contributed by atoms with van der Waals surface area (Å²) in [5.74, 6) is 1.05. The van der Waals surface area contributed by atoms with Crippen LogP contribution < -0.4 is 0 Å². The molecule has 0 aliphatic rings. The van der Waals surface area contributed by atoms with Crippen LogP contribution in [0.2, 0.25) is 0 Å². The van der Waals surface area contributed by atoms with Crippen molar-refractivity contribution in [1.29, 1.82) is 0 Å². The third-order valence-corrected chi connectivity index (χ3v) is 8.78. The summed E-state index contributed by atoms with van der Waals surface area (Å²) in [6, 6.07) is 0. The van der Waals surface area contributed by atoms with E-state index in [0.717, 1.165) is 18.6 Å².